The summed E-state index contributed by atoms with van der Waals surface area (Å²) in [5, 5.41) is 12.5. The predicted octanol–water partition coefficient (Wildman–Crippen LogP) is 5.16. The van der Waals surface area contributed by atoms with Gasteiger partial charge in [0, 0.05) is 10.6 Å². The lowest BCUT2D eigenvalue weighted by Crippen LogP contribution is -1.96. The molecular formula is C17H11N5O. The highest BCUT2D eigenvalue weighted by Crippen LogP contribution is 2.23. The van der Waals surface area contributed by atoms with E-state index in [0.29, 0.717) is 22.8 Å². The summed E-state index contributed by atoms with van der Waals surface area (Å²) >= 11 is 0. The van der Waals surface area contributed by atoms with E-state index in [1.807, 2.05) is 24.3 Å². The van der Waals surface area contributed by atoms with Crippen molar-refractivity contribution >= 4 is 11.8 Å². The molecule has 2 rings (SSSR count). The molecule has 0 aliphatic carbocycles. The first-order chi connectivity index (χ1) is 11.2. The van der Waals surface area contributed by atoms with Gasteiger partial charge in [-0.1, -0.05) is 35.5 Å². The summed E-state index contributed by atoms with van der Waals surface area (Å²) in [7, 11) is 0. The minimum atomic E-state index is 0.0252. The second-order valence-corrected chi connectivity index (χ2v) is 4.55. The van der Waals surface area contributed by atoms with E-state index in [1.54, 1.807) is 37.3 Å². The minimum Gasteiger partial charge on any atom is -0.462 e. The van der Waals surface area contributed by atoms with Gasteiger partial charge >= 0.3 is 0 Å². The molecule has 0 radical (unpaired) electrons. The van der Waals surface area contributed by atoms with Crippen LogP contribution >= 0.6 is 0 Å². The van der Waals surface area contributed by atoms with Crippen molar-refractivity contribution in [1.82, 2.24) is 0 Å². The Morgan fingerprint density at radius 2 is 2.04 bits per heavy atom. The Balaban J connectivity index is 2.26. The van der Waals surface area contributed by atoms with E-state index in [4.69, 9.17) is 22.1 Å². The van der Waals surface area contributed by atoms with Crippen LogP contribution in [0.1, 0.15) is 12.5 Å². The Labute approximate surface area is 133 Å². The fourth-order valence-electron chi connectivity index (χ4n) is 1.91. The van der Waals surface area contributed by atoms with Gasteiger partial charge in [0.15, 0.2) is 0 Å². The summed E-state index contributed by atoms with van der Waals surface area (Å²) in [6.07, 6.45) is 6.88. The Bertz CT molecular complexity index is 851. The van der Waals surface area contributed by atoms with Crippen LogP contribution in [0.15, 0.2) is 70.4 Å². The first-order valence-corrected chi connectivity index (χ1v) is 6.59. The van der Waals surface area contributed by atoms with Crippen LogP contribution in [0, 0.1) is 17.9 Å². The average Bonchev–Trinajstić information content (AvgIpc) is 2.55. The molecule has 0 unspecified atom stereocenters. The molecule has 1 aromatic carbocycles. The Hall–Kier alpha value is -3.73. The zero-order valence-corrected chi connectivity index (χ0v) is 12.3. The monoisotopic (exact) mass is 301 g/mol. The van der Waals surface area contributed by atoms with E-state index in [9.17, 15) is 0 Å². The second kappa shape index (κ2) is 7.33. The largest absolute Gasteiger partial charge is 0.462 e. The number of hydrogen-bond acceptors (Lipinski definition) is 3. The van der Waals surface area contributed by atoms with Crippen LogP contribution in [0.4, 0.5) is 5.69 Å². The second-order valence-electron chi connectivity index (χ2n) is 4.55. The number of rotatable bonds is 3. The maximum Gasteiger partial charge on any atom is 0.269 e. The normalized spacial score (nSPS) is 15.4. The molecule has 0 spiro atoms. The van der Waals surface area contributed by atoms with Gasteiger partial charge in [0.1, 0.15) is 11.5 Å². The molecule has 6 nitrogen and oxygen atoms in total. The van der Waals surface area contributed by atoms with Crippen molar-refractivity contribution < 1.29 is 4.74 Å². The van der Waals surface area contributed by atoms with Gasteiger partial charge in [-0.25, -0.2) is 10.1 Å². The molecule has 6 heteroatoms. The average molecular weight is 301 g/mol. The van der Waals surface area contributed by atoms with Crippen molar-refractivity contribution in [2.24, 2.45) is 5.11 Å². The van der Waals surface area contributed by atoms with Gasteiger partial charge in [-0.15, -0.1) is 0 Å². The standard InChI is InChI=1S/C17H11N5O/c1-12-9-14(17(11-18)20-2)10-16(23-12)8-5-13-3-6-15(7-4-13)21-22-19/h3-10H,1H3/b8-5+,17-14-. The minimum absolute atomic E-state index is 0.0252. The van der Waals surface area contributed by atoms with E-state index in [2.05, 4.69) is 14.9 Å². The van der Waals surface area contributed by atoms with Gasteiger partial charge in [0.2, 0.25) is 0 Å². The molecule has 1 aliphatic rings. The molecule has 0 saturated heterocycles. The summed E-state index contributed by atoms with van der Waals surface area (Å²) in [5.41, 5.74) is 10.4. The van der Waals surface area contributed by atoms with Crippen molar-refractivity contribution in [2.75, 3.05) is 0 Å². The highest BCUT2D eigenvalue weighted by Gasteiger charge is 2.10. The predicted molar refractivity (Wildman–Crippen MR) is 86.4 cm³/mol. The van der Waals surface area contributed by atoms with Crippen LogP contribution < -0.4 is 0 Å². The molecule has 110 valence electrons. The highest BCUT2D eigenvalue weighted by atomic mass is 16.5. The molecule has 0 atom stereocenters. The number of azide groups is 1. The van der Waals surface area contributed by atoms with Crippen LogP contribution in [0.5, 0.6) is 0 Å². The summed E-state index contributed by atoms with van der Waals surface area (Å²) < 4.78 is 5.56. The number of hydrogen-bond donors (Lipinski definition) is 0. The molecule has 0 amide bonds. The Morgan fingerprint density at radius 1 is 1.30 bits per heavy atom. The summed E-state index contributed by atoms with van der Waals surface area (Å²) in [5.74, 6) is 1.15. The molecule has 0 saturated carbocycles. The van der Waals surface area contributed by atoms with E-state index in [-0.39, 0.29) is 5.70 Å². The molecule has 0 fully saturated rings. The smallest absolute Gasteiger partial charge is 0.269 e. The summed E-state index contributed by atoms with van der Waals surface area (Å²) in [6, 6.07) is 8.90. The third-order valence-electron chi connectivity index (χ3n) is 2.92. The number of allylic oxidation sites excluding steroid dienone is 6. The van der Waals surface area contributed by atoms with Crippen molar-refractivity contribution in [3.8, 4) is 6.07 Å². The van der Waals surface area contributed by atoms with Gasteiger partial charge in [-0.3, -0.25) is 0 Å². The third-order valence-corrected chi connectivity index (χ3v) is 2.92. The lowest BCUT2D eigenvalue weighted by Gasteiger charge is -2.13. The number of nitrogens with zero attached hydrogens (tertiary/aromatic N) is 5. The van der Waals surface area contributed by atoms with Crippen molar-refractivity contribution in [3.63, 3.8) is 0 Å². The topological polar surface area (TPSA) is 86.1 Å². The lowest BCUT2D eigenvalue weighted by molar-refractivity contribution is 0.318. The zero-order valence-electron chi connectivity index (χ0n) is 12.3. The molecule has 0 bridgehead atoms. The first kappa shape index (κ1) is 15.7. The van der Waals surface area contributed by atoms with Gasteiger partial charge in [-0.05, 0) is 41.8 Å². The van der Waals surface area contributed by atoms with E-state index in [0.717, 1.165) is 5.56 Å². The van der Waals surface area contributed by atoms with E-state index < -0.39 is 0 Å². The zero-order chi connectivity index (χ0) is 16.7. The maximum absolute atomic E-state index is 8.96. The number of ether oxygens (including phenoxy) is 1. The third kappa shape index (κ3) is 4.12. The molecule has 1 heterocycles. The van der Waals surface area contributed by atoms with E-state index >= 15 is 0 Å². The molecule has 0 N–H and O–H groups in total. The van der Waals surface area contributed by atoms with E-state index in [1.165, 1.54) is 0 Å². The van der Waals surface area contributed by atoms with Crippen LogP contribution in [0.3, 0.4) is 0 Å². The Kier molecular flexibility index (Phi) is 4.99. The molecule has 0 aromatic heterocycles. The summed E-state index contributed by atoms with van der Waals surface area (Å²) in [4.78, 5) is 5.92. The Morgan fingerprint density at radius 3 is 2.65 bits per heavy atom. The lowest BCUT2D eigenvalue weighted by atomic mass is 10.1. The molecular weight excluding hydrogens is 290 g/mol. The molecule has 1 aromatic rings. The van der Waals surface area contributed by atoms with Gasteiger partial charge in [0.05, 0.1) is 12.6 Å². The molecule has 23 heavy (non-hydrogen) atoms. The van der Waals surface area contributed by atoms with Crippen molar-refractivity contribution in [2.45, 2.75) is 6.92 Å². The number of benzene rings is 1. The quantitative estimate of drug-likeness (QED) is 0.254. The fourth-order valence-corrected chi connectivity index (χ4v) is 1.91. The van der Waals surface area contributed by atoms with Gasteiger partial charge in [-0.2, -0.15) is 0 Å². The molecule has 1 aliphatic heterocycles. The van der Waals surface area contributed by atoms with Crippen molar-refractivity contribution in [1.29, 1.82) is 5.26 Å². The first-order valence-electron chi connectivity index (χ1n) is 6.59. The maximum atomic E-state index is 8.96. The summed E-state index contributed by atoms with van der Waals surface area (Å²) in [6.45, 7) is 8.77. The van der Waals surface area contributed by atoms with Gasteiger partial charge in [0.25, 0.3) is 5.70 Å². The van der Waals surface area contributed by atoms with Crippen LogP contribution in [-0.4, -0.2) is 0 Å². The fraction of sp³-hybridized carbons (Fsp3) is 0.0588. The van der Waals surface area contributed by atoms with Crippen LogP contribution in [0.2, 0.25) is 0 Å². The number of nitriles is 1. The van der Waals surface area contributed by atoms with Gasteiger partial charge < -0.3 is 4.74 Å². The van der Waals surface area contributed by atoms with Crippen LogP contribution in [0.25, 0.3) is 21.4 Å². The van der Waals surface area contributed by atoms with Crippen LogP contribution in [-0.2, 0) is 4.74 Å². The highest BCUT2D eigenvalue weighted by molar-refractivity contribution is 5.57. The van der Waals surface area contributed by atoms with Crippen molar-refractivity contribution in [3.05, 3.63) is 92.7 Å². The SMILES string of the molecule is [C-]#[N+]/C(C#N)=C1/C=C(C)OC(/C=C/c2ccc(N=[N+]=[N-])cc2)=C1.